The van der Waals surface area contributed by atoms with E-state index in [1.165, 1.54) is 5.56 Å². The fraction of sp³-hybridized carbons (Fsp3) is 0.222. The van der Waals surface area contributed by atoms with Crippen molar-refractivity contribution in [3.63, 3.8) is 0 Å². The van der Waals surface area contributed by atoms with Crippen LogP contribution in [0.1, 0.15) is 23.0 Å². The molecule has 0 aliphatic carbocycles. The van der Waals surface area contributed by atoms with Crippen LogP contribution in [0.25, 0.3) is 0 Å². The van der Waals surface area contributed by atoms with Crippen molar-refractivity contribution in [2.24, 2.45) is 0 Å². The van der Waals surface area contributed by atoms with Gasteiger partial charge in [-0.25, -0.2) is 4.98 Å². The number of hydrogen-bond donors (Lipinski definition) is 0. The van der Waals surface area contributed by atoms with Crippen molar-refractivity contribution in [3.8, 4) is 0 Å². The van der Waals surface area contributed by atoms with E-state index >= 15 is 0 Å². The zero-order valence-electron chi connectivity index (χ0n) is 12.6. The van der Waals surface area contributed by atoms with Crippen molar-refractivity contribution in [2.45, 2.75) is 25.6 Å². The van der Waals surface area contributed by atoms with E-state index in [1.54, 1.807) is 11.3 Å². The van der Waals surface area contributed by atoms with Crippen molar-refractivity contribution < 1.29 is 4.79 Å². The van der Waals surface area contributed by atoms with Crippen LogP contribution in [0.5, 0.6) is 0 Å². The molecule has 1 aromatic carbocycles. The van der Waals surface area contributed by atoms with Gasteiger partial charge < -0.3 is 9.47 Å². The SMILES string of the molecule is O=C(Cc1ccsc1)N1Cc2nccn2C[C@@H]1c1ccccc1. The Balaban J connectivity index is 1.65. The molecule has 0 saturated heterocycles. The van der Waals surface area contributed by atoms with Gasteiger partial charge in [0.25, 0.3) is 0 Å². The molecule has 4 nitrogen and oxygen atoms in total. The summed E-state index contributed by atoms with van der Waals surface area (Å²) in [6, 6.07) is 12.3. The lowest BCUT2D eigenvalue weighted by Gasteiger charge is -2.36. The Labute approximate surface area is 139 Å². The molecule has 4 rings (SSSR count). The number of hydrogen-bond acceptors (Lipinski definition) is 3. The number of aromatic nitrogens is 2. The van der Waals surface area contributed by atoms with Crippen LogP contribution in [0, 0.1) is 0 Å². The van der Waals surface area contributed by atoms with Crippen molar-refractivity contribution in [1.82, 2.24) is 14.5 Å². The highest BCUT2D eigenvalue weighted by atomic mass is 32.1. The molecule has 1 amide bonds. The van der Waals surface area contributed by atoms with E-state index in [1.807, 2.05) is 52.3 Å². The Kier molecular flexibility index (Phi) is 3.71. The largest absolute Gasteiger partial charge is 0.331 e. The fourth-order valence-electron chi connectivity index (χ4n) is 3.10. The molecule has 5 heteroatoms. The first-order valence-electron chi connectivity index (χ1n) is 7.67. The molecule has 2 aromatic heterocycles. The Morgan fingerprint density at radius 3 is 2.91 bits per heavy atom. The number of benzene rings is 1. The van der Waals surface area contributed by atoms with Gasteiger partial charge in [-0.15, -0.1) is 0 Å². The van der Waals surface area contributed by atoms with Gasteiger partial charge in [0, 0.05) is 18.9 Å². The second-order valence-corrected chi connectivity index (χ2v) is 6.53. The topological polar surface area (TPSA) is 38.1 Å². The van der Waals surface area contributed by atoms with Gasteiger partial charge in [0.05, 0.1) is 19.0 Å². The van der Waals surface area contributed by atoms with E-state index in [0.29, 0.717) is 13.0 Å². The van der Waals surface area contributed by atoms with E-state index in [4.69, 9.17) is 0 Å². The zero-order chi connectivity index (χ0) is 15.6. The predicted molar refractivity (Wildman–Crippen MR) is 90.0 cm³/mol. The van der Waals surface area contributed by atoms with Crippen molar-refractivity contribution in [1.29, 1.82) is 0 Å². The van der Waals surface area contributed by atoms with Crippen LogP contribution in [-0.2, 0) is 24.3 Å². The van der Waals surface area contributed by atoms with Crippen LogP contribution in [0.3, 0.4) is 0 Å². The predicted octanol–water partition coefficient (Wildman–Crippen LogP) is 3.27. The second-order valence-electron chi connectivity index (χ2n) is 5.75. The maximum Gasteiger partial charge on any atom is 0.228 e. The first-order chi connectivity index (χ1) is 11.3. The molecule has 1 atom stereocenters. The Hall–Kier alpha value is -2.40. The van der Waals surface area contributed by atoms with Crippen LogP contribution in [-0.4, -0.2) is 20.4 Å². The number of amides is 1. The van der Waals surface area contributed by atoms with E-state index in [2.05, 4.69) is 21.7 Å². The molecule has 0 saturated carbocycles. The minimum Gasteiger partial charge on any atom is -0.331 e. The van der Waals surface area contributed by atoms with Crippen LogP contribution >= 0.6 is 11.3 Å². The summed E-state index contributed by atoms with van der Waals surface area (Å²) in [5, 5.41) is 4.06. The summed E-state index contributed by atoms with van der Waals surface area (Å²) >= 11 is 1.63. The zero-order valence-corrected chi connectivity index (χ0v) is 13.4. The first kappa shape index (κ1) is 14.2. The van der Waals surface area contributed by atoms with Crippen LogP contribution in [0.2, 0.25) is 0 Å². The Morgan fingerprint density at radius 1 is 1.26 bits per heavy atom. The minimum absolute atomic E-state index is 0.0593. The molecule has 3 heterocycles. The third kappa shape index (κ3) is 2.80. The van der Waals surface area contributed by atoms with E-state index in [9.17, 15) is 4.79 Å². The molecule has 0 radical (unpaired) electrons. The molecule has 0 unspecified atom stereocenters. The van der Waals surface area contributed by atoms with Gasteiger partial charge >= 0.3 is 0 Å². The number of rotatable bonds is 3. The summed E-state index contributed by atoms with van der Waals surface area (Å²) < 4.78 is 2.14. The summed E-state index contributed by atoms with van der Waals surface area (Å²) in [6.07, 6.45) is 4.25. The van der Waals surface area contributed by atoms with Gasteiger partial charge in [-0.3, -0.25) is 4.79 Å². The van der Waals surface area contributed by atoms with E-state index in [-0.39, 0.29) is 11.9 Å². The average Bonchev–Trinajstić information content (AvgIpc) is 3.25. The highest BCUT2D eigenvalue weighted by Crippen LogP contribution is 2.29. The number of carbonyl (C=O) groups excluding carboxylic acids is 1. The molecular weight excluding hydrogens is 306 g/mol. The van der Waals surface area contributed by atoms with Crippen LogP contribution < -0.4 is 0 Å². The summed E-state index contributed by atoms with van der Waals surface area (Å²) in [6.45, 7) is 1.32. The van der Waals surface area contributed by atoms with Gasteiger partial charge in [-0.05, 0) is 28.0 Å². The lowest BCUT2D eigenvalue weighted by atomic mass is 10.0. The smallest absolute Gasteiger partial charge is 0.228 e. The molecule has 1 aliphatic heterocycles. The Morgan fingerprint density at radius 2 is 2.13 bits per heavy atom. The molecule has 0 fully saturated rings. The summed E-state index contributed by atoms with van der Waals surface area (Å²) in [7, 11) is 0. The van der Waals surface area contributed by atoms with E-state index in [0.717, 1.165) is 17.9 Å². The first-order valence-corrected chi connectivity index (χ1v) is 8.61. The molecular formula is C18H17N3OS. The fourth-order valence-corrected chi connectivity index (χ4v) is 3.77. The quantitative estimate of drug-likeness (QED) is 0.742. The van der Waals surface area contributed by atoms with Crippen LogP contribution in [0.4, 0.5) is 0 Å². The maximum atomic E-state index is 12.9. The highest BCUT2D eigenvalue weighted by molar-refractivity contribution is 7.08. The lowest BCUT2D eigenvalue weighted by Crippen LogP contribution is -2.41. The summed E-state index contributed by atoms with van der Waals surface area (Å²) in [4.78, 5) is 19.2. The number of fused-ring (bicyclic) bond motifs is 1. The lowest BCUT2D eigenvalue weighted by molar-refractivity contribution is -0.135. The maximum absolute atomic E-state index is 12.9. The third-order valence-electron chi connectivity index (χ3n) is 4.30. The van der Waals surface area contributed by atoms with Gasteiger partial charge in [0.2, 0.25) is 5.91 Å². The van der Waals surface area contributed by atoms with Crippen molar-refractivity contribution in [2.75, 3.05) is 0 Å². The standard InChI is InChI=1S/C18H17N3OS/c22-18(10-14-6-9-23-13-14)21-12-17-19-7-8-20(17)11-16(21)15-4-2-1-3-5-15/h1-9,13,16H,10-12H2/t16-/m1/s1. The van der Waals surface area contributed by atoms with Gasteiger partial charge in [0.1, 0.15) is 5.82 Å². The minimum atomic E-state index is 0.0593. The third-order valence-corrected chi connectivity index (χ3v) is 5.03. The Bertz CT molecular complexity index is 795. The van der Waals surface area contributed by atoms with Gasteiger partial charge in [0.15, 0.2) is 0 Å². The van der Waals surface area contributed by atoms with E-state index < -0.39 is 0 Å². The molecule has 0 bridgehead atoms. The number of imidazole rings is 1. The second kappa shape index (κ2) is 6.01. The molecule has 0 spiro atoms. The number of carbonyl (C=O) groups is 1. The number of nitrogens with zero attached hydrogens (tertiary/aromatic N) is 3. The normalized spacial score (nSPS) is 17.0. The molecule has 3 aromatic rings. The van der Waals surface area contributed by atoms with Crippen LogP contribution in [0.15, 0.2) is 59.6 Å². The molecule has 116 valence electrons. The van der Waals surface area contributed by atoms with Gasteiger partial charge in [-0.1, -0.05) is 30.3 Å². The summed E-state index contributed by atoms with van der Waals surface area (Å²) in [5.74, 6) is 1.11. The molecule has 23 heavy (non-hydrogen) atoms. The van der Waals surface area contributed by atoms with Crippen molar-refractivity contribution in [3.05, 3.63) is 76.5 Å². The van der Waals surface area contributed by atoms with Gasteiger partial charge in [-0.2, -0.15) is 11.3 Å². The molecule has 0 N–H and O–H groups in total. The molecule has 1 aliphatic rings. The summed E-state index contributed by atoms with van der Waals surface area (Å²) in [5.41, 5.74) is 2.26. The average molecular weight is 323 g/mol. The highest BCUT2D eigenvalue weighted by Gasteiger charge is 2.31. The number of thiophene rings is 1. The van der Waals surface area contributed by atoms with Crippen molar-refractivity contribution >= 4 is 17.2 Å². The monoisotopic (exact) mass is 323 g/mol.